The molecule has 0 radical (unpaired) electrons. The van der Waals surface area contributed by atoms with Crippen LogP contribution in [0.15, 0.2) is 30.3 Å². The Bertz CT molecular complexity index is 336. The van der Waals surface area contributed by atoms with Crippen LogP contribution in [-0.2, 0) is 4.79 Å². The molecule has 1 atom stereocenters. The molecule has 19 heavy (non-hydrogen) atoms. The molecule has 0 saturated carbocycles. The number of alkyl halides is 3. The zero-order valence-electron chi connectivity index (χ0n) is 12.0. The average molecular weight is 277 g/mol. The van der Waals surface area contributed by atoms with Crippen molar-refractivity contribution in [2.75, 3.05) is 0 Å². The van der Waals surface area contributed by atoms with Gasteiger partial charge in [-0.3, -0.25) is 4.79 Å². The Morgan fingerprint density at radius 3 is 1.84 bits per heavy atom. The Hall–Kier alpha value is -1.52. The number of hydrogen-bond donors (Lipinski definition) is 1. The van der Waals surface area contributed by atoms with Gasteiger partial charge in [-0.25, -0.2) is 0 Å². The summed E-state index contributed by atoms with van der Waals surface area (Å²) in [6.45, 7) is 9.50. The lowest BCUT2D eigenvalue weighted by Gasteiger charge is -2.15. The minimum Gasteiger partial charge on any atom is -0.342 e. The molecule has 1 amide bonds. The third kappa shape index (κ3) is 8.24. The number of hydrogen-bond acceptors (Lipinski definition) is 1. The zero-order valence-corrected chi connectivity index (χ0v) is 12.0. The molecule has 5 heteroatoms. The monoisotopic (exact) mass is 277 g/mol. The van der Waals surface area contributed by atoms with Crippen molar-refractivity contribution >= 4 is 5.91 Å². The van der Waals surface area contributed by atoms with Crippen molar-refractivity contribution in [3.05, 3.63) is 35.9 Å². The van der Waals surface area contributed by atoms with Crippen molar-refractivity contribution in [3.8, 4) is 0 Å². The molecule has 0 aliphatic rings. The van der Waals surface area contributed by atoms with Crippen LogP contribution in [-0.4, -0.2) is 12.1 Å². The van der Waals surface area contributed by atoms with Gasteiger partial charge in [0.2, 0.25) is 0 Å². The second-order valence-corrected chi connectivity index (χ2v) is 3.10. The summed E-state index contributed by atoms with van der Waals surface area (Å²) in [5, 5.41) is 1.87. The number of benzene rings is 1. The van der Waals surface area contributed by atoms with Gasteiger partial charge in [-0.05, 0) is 12.5 Å². The summed E-state index contributed by atoms with van der Waals surface area (Å²) in [5.74, 6) is -1.92. The molecule has 0 aromatic heterocycles. The fourth-order valence-corrected chi connectivity index (χ4v) is 1.10. The first-order valence-electron chi connectivity index (χ1n) is 6.34. The molecule has 0 bridgehead atoms. The number of nitrogens with one attached hydrogen (secondary N) is 1. The summed E-state index contributed by atoms with van der Waals surface area (Å²) < 4.78 is 35.7. The molecule has 0 spiro atoms. The maximum Gasteiger partial charge on any atom is 0.471 e. The minimum absolute atomic E-state index is 0.634. The highest BCUT2D eigenvalue weighted by atomic mass is 19.4. The second kappa shape index (κ2) is 10.4. The van der Waals surface area contributed by atoms with Crippen LogP contribution in [0.25, 0.3) is 0 Å². The summed E-state index contributed by atoms with van der Waals surface area (Å²) in [5.41, 5.74) is 0.634. The van der Waals surface area contributed by atoms with E-state index in [-0.39, 0.29) is 0 Å². The minimum atomic E-state index is -4.83. The molecular formula is C14H22F3NO. The Kier molecular flexibility index (Phi) is 10.9. The van der Waals surface area contributed by atoms with E-state index < -0.39 is 18.1 Å². The van der Waals surface area contributed by atoms with E-state index in [2.05, 4.69) is 0 Å². The third-order valence-corrected chi connectivity index (χ3v) is 1.90. The van der Waals surface area contributed by atoms with Crippen LogP contribution in [0, 0.1) is 0 Å². The lowest BCUT2D eigenvalue weighted by atomic mass is 10.1. The molecule has 1 rings (SSSR count). The first kappa shape index (κ1) is 19.8. The summed E-state index contributed by atoms with van der Waals surface area (Å²) in [6.07, 6.45) is -4.83. The summed E-state index contributed by atoms with van der Waals surface area (Å²) in [4.78, 5) is 10.6. The van der Waals surface area contributed by atoms with Crippen molar-refractivity contribution in [3.63, 3.8) is 0 Å². The van der Waals surface area contributed by atoms with Crippen LogP contribution in [0.3, 0.4) is 0 Å². The molecule has 2 nitrogen and oxygen atoms in total. The van der Waals surface area contributed by atoms with Crippen LogP contribution in [0.5, 0.6) is 0 Å². The lowest BCUT2D eigenvalue weighted by molar-refractivity contribution is -0.174. The Labute approximate surface area is 113 Å². The average Bonchev–Trinajstić information content (AvgIpc) is 2.43. The van der Waals surface area contributed by atoms with E-state index in [1.54, 1.807) is 30.3 Å². The van der Waals surface area contributed by atoms with Crippen LogP contribution in [0.2, 0.25) is 0 Å². The quantitative estimate of drug-likeness (QED) is 0.848. The highest BCUT2D eigenvalue weighted by molar-refractivity contribution is 5.82. The molecule has 0 aliphatic heterocycles. The van der Waals surface area contributed by atoms with Gasteiger partial charge in [-0.15, -0.1) is 0 Å². The first-order chi connectivity index (χ1) is 8.91. The molecule has 0 saturated heterocycles. The molecule has 110 valence electrons. The molecule has 1 aromatic rings. The maximum atomic E-state index is 11.9. The van der Waals surface area contributed by atoms with Crippen molar-refractivity contribution in [1.82, 2.24) is 5.32 Å². The van der Waals surface area contributed by atoms with Gasteiger partial charge in [0.1, 0.15) is 0 Å². The number of halogens is 3. The van der Waals surface area contributed by atoms with Crippen molar-refractivity contribution in [2.45, 2.75) is 46.8 Å². The Balaban J connectivity index is 0. The van der Waals surface area contributed by atoms with Crippen LogP contribution >= 0.6 is 0 Å². The number of carbonyl (C=O) groups excluding carboxylic acids is 1. The van der Waals surface area contributed by atoms with E-state index in [0.29, 0.717) is 5.56 Å². The van der Waals surface area contributed by atoms with Gasteiger partial charge < -0.3 is 5.32 Å². The standard InChI is InChI=1S/C10H10F3NO.2C2H6/c1-7(8-5-3-2-4-6-8)14-9(15)10(11,12)13;2*1-2/h2-7H,1H3,(H,14,15);2*1-2H3. The van der Waals surface area contributed by atoms with Crippen molar-refractivity contribution in [2.24, 2.45) is 0 Å². The van der Waals surface area contributed by atoms with Crippen LogP contribution in [0.1, 0.15) is 46.2 Å². The lowest BCUT2D eigenvalue weighted by Crippen LogP contribution is -2.38. The summed E-state index contributed by atoms with van der Waals surface area (Å²) in [7, 11) is 0. The van der Waals surface area contributed by atoms with E-state index in [9.17, 15) is 18.0 Å². The predicted molar refractivity (Wildman–Crippen MR) is 71.8 cm³/mol. The smallest absolute Gasteiger partial charge is 0.342 e. The SMILES string of the molecule is CC.CC.CC(NC(=O)C(F)(F)F)c1ccccc1. The highest BCUT2D eigenvalue weighted by Crippen LogP contribution is 2.18. The number of rotatable bonds is 2. The van der Waals surface area contributed by atoms with Gasteiger partial charge in [0.15, 0.2) is 0 Å². The number of carbonyl (C=O) groups is 1. The zero-order chi connectivity index (χ0) is 15.5. The fraction of sp³-hybridized carbons (Fsp3) is 0.500. The second-order valence-electron chi connectivity index (χ2n) is 3.10. The Morgan fingerprint density at radius 1 is 1.05 bits per heavy atom. The van der Waals surface area contributed by atoms with Gasteiger partial charge in [0.25, 0.3) is 0 Å². The van der Waals surface area contributed by atoms with Gasteiger partial charge in [0.05, 0.1) is 6.04 Å². The molecule has 0 fully saturated rings. The number of amides is 1. The molecule has 1 aromatic carbocycles. The van der Waals surface area contributed by atoms with E-state index >= 15 is 0 Å². The first-order valence-corrected chi connectivity index (χ1v) is 6.34. The third-order valence-electron chi connectivity index (χ3n) is 1.90. The van der Waals surface area contributed by atoms with E-state index in [4.69, 9.17) is 0 Å². The van der Waals surface area contributed by atoms with Gasteiger partial charge in [-0.2, -0.15) is 13.2 Å². The molecule has 0 aliphatic carbocycles. The van der Waals surface area contributed by atoms with E-state index in [1.807, 2.05) is 33.0 Å². The van der Waals surface area contributed by atoms with Crippen molar-refractivity contribution < 1.29 is 18.0 Å². The van der Waals surface area contributed by atoms with Crippen LogP contribution < -0.4 is 5.32 Å². The summed E-state index contributed by atoms with van der Waals surface area (Å²) >= 11 is 0. The largest absolute Gasteiger partial charge is 0.471 e. The van der Waals surface area contributed by atoms with E-state index in [1.165, 1.54) is 6.92 Å². The Morgan fingerprint density at radius 2 is 1.47 bits per heavy atom. The van der Waals surface area contributed by atoms with Gasteiger partial charge in [-0.1, -0.05) is 58.0 Å². The topological polar surface area (TPSA) is 29.1 Å². The molecule has 1 N–H and O–H groups in total. The highest BCUT2D eigenvalue weighted by Gasteiger charge is 2.39. The van der Waals surface area contributed by atoms with Crippen LogP contribution in [0.4, 0.5) is 13.2 Å². The molecular weight excluding hydrogens is 255 g/mol. The molecule has 0 heterocycles. The van der Waals surface area contributed by atoms with Crippen molar-refractivity contribution in [1.29, 1.82) is 0 Å². The van der Waals surface area contributed by atoms with E-state index in [0.717, 1.165) is 0 Å². The predicted octanol–water partition coefficient (Wildman–Crippen LogP) is 4.48. The van der Waals surface area contributed by atoms with Gasteiger partial charge in [0, 0.05) is 0 Å². The summed E-state index contributed by atoms with van der Waals surface area (Å²) in [6, 6.07) is 7.81. The maximum absolute atomic E-state index is 11.9. The normalized spacial score (nSPS) is 11.2. The molecule has 1 unspecified atom stereocenters. The fourth-order valence-electron chi connectivity index (χ4n) is 1.10. The van der Waals surface area contributed by atoms with Gasteiger partial charge >= 0.3 is 12.1 Å².